The number of aromatic nitrogens is 7. The van der Waals surface area contributed by atoms with Crippen LogP contribution in [0.2, 0.25) is 0 Å². The highest BCUT2D eigenvalue weighted by Gasteiger charge is 2.25. The van der Waals surface area contributed by atoms with E-state index in [2.05, 4.69) is 25.4 Å². The molecular formula is C17H20FN7O. The van der Waals surface area contributed by atoms with Gasteiger partial charge in [0.2, 0.25) is 0 Å². The number of hydrogen-bond acceptors (Lipinski definition) is 6. The Balaban J connectivity index is 1.65. The van der Waals surface area contributed by atoms with E-state index in [1.165, 1.54) is 0 Å². The van der Waals surface area contributed by atoms with Crippen LogP contribution in [0.25, 0.3) is 11.5 Å². The summed E-state index contributed by atoms with van der Waals surface area (Å²) < 4.78 is 21.6. The van der Waals surface area contributed by atoms with E-state index in [9.17, 15) is 4.39 Å². The van der Waals surface area contributed by atoms with Crippen molar-refractivity contribution in [1.82, 2.24) is 34.7 Å². The molecule has 9 heteroatoms. The first-order valence-electron chi connectivity index (χ1n) is 8.75. The Kier molecular flexibility index (Phi) is 4.96. The zero-order valence-electron chi connectivity index (χ0n) is 14.3. The molecule has 4 heterocycles. The van der Waals surface area contributed by atoms with Gasteiger partial charge < -0.3 is 4.74 Å². The van der Waals surface area contributed by atoms with Crippen molar-refractivity contribution in [2.24, 2.45) is 0 Å². The van der Waals surface area contributed by atoms with Gasteiger partial charge in [-0.2, -0.15) is 5.10 Å². The summed E-state index contributed by atoms with van der Waals surface area (Å²) in [6, 6.07) is 3.88. The minimum atomic E-state index is -0.378. The third kappa shape index (κ3) is 3.62. The average molecular weight is 357 g/mol. The molecule has 136 valence electrons. The normalized spacial score (nSPS) is 17.0. The van der Waals surface area contributed by atoms with Crippen molar-refractivity contribution < 1.29 is 9.13 Å². The molecule has 0 aliphatic carbocycles. The fraction of sp³-hybridized carbons (Fsp3) is 0.471. The van der Waals surface area contributed by atoms with Gasteiger partial charge in [0.25, 0.3) is 0 Å². The molecule has 8 nitrogen and oxygen atoms in total. The van der Waals surface area contributed by atoms with Crippen molar-refractivity contribution in [2.45, 2.75) is 38.5 Å². The van der Waals surface area contributed by atoms with Crippen LogP contribution in [0.3, 0.4) is 0 Å². The molecule has 26 heavy (non-hydrogen) atoms. The molecule has 0 saturated carbocycles. The van der Waals surface area contributed by atoms with Crippen LogP contribution in [-0.2, 0) is 17.8 Å². The predicted octanol–water partition coefficient (Wildman–Crippen LogP) is 2.19. The fourth-order valence-corrected chi connectivity index (χ4v) is 2.97. The van der Waals surface area contributed by atoms with Crippen LogP contribution in [-0.4, -0.2) is 48.0 Å². The Morgan fingerprint density at radius 1 is 1.27 bits per heavy atom. The predicted molar refractivity (Wildman–Crippen MR) is 90.9 cm³/mol. The first-order chi connectivity index (χ1) is 12.8. The third-order valence-corrected chi connectivity index (χ3v) is 4.28. The van der Waals surface area contributed by atoms with Crippen LogP contribution < -0.4 is 0 Å². The summed E-state index contributed by atoms with van der Waals surface area (Å²) >= 11 is 0. The van der Waals surface area contributed by atoms with E-state index < -0.39 is 0 Å². The molecule has 0 bridgehead atoms. The number of hydrogen-bond donors (Lipinski definition) is 0. The molecule has 1 aliphatic rings. The third-order valence-electron chi connectivity index (χ3n) is 4.28. The summed E-state index contributed by atoms with van der Waals surface area (Å²) in [6.07, 6.45) is 7.55. The molecule has 1 aliphatic heterocycles. The van der Waals surface area contributed by atoms with E-state index >= 15 is 0 Å². The van der Waals surface area contributed by atoms with Crippen molar-refractivity contribution in [3.05, 3.63) is 42.1 Å². The smallest absolute Gasteiger partial charge is 0.181 e. The van der Waals surface area contributed by atoms with E-state index in [-0.39, 0.29) is 12.8 Å². The Bertz CT molecular complexity index is 842. The van der Waals surface area contributed by atoms with Crippen LogP contribution in [0.15, 0.2) is 30.7 Å². The van der Waals surface area contributed by atoms with Crippen molar-refractivity contribution in [1.29, 1.82) is 0 Å². The van der Waals surface area contributed by atoms with Crippen LogP contribution in [0.1, 0.15) is 36.8 Å². The first-order valence-corrected chi connectivity index (χ1v) is 8.75. The molecule has 0 aromatic carbocycles. The Labute approximate surface area is 150 Å². The lowest BCUT2D eigenvalue weighted by Gasteiger charge is -2.04. The van der Waals surface area contributed by atoms with Crippen molar-refractivity contribution in [3.8, 4) is 11.5 Å². The first kappa shape index (κ1) is 16.8. The van der Waals surface area contributed by atoms with Crippen LogP contribution in [0.4, 0.5) is 4.39 Å². The minimum Gasteiger partial charge on any atom is -0.370 e. The molecule has 1 fully saturated rings. The number of pyridine rings is 1. The van der Waals surface area contributed by atoms with Gasteiger partial charge in [-0.1, -0.05) is 5.21 Å². The maximum absolute atomic E-state index is 12.4. The molecule has 0 amide bonds. The SMILES string of the molecule is FCCCn1cc(-c2nc(C3CCCO3)nn2Cc2ccncc2)nn1. The molecule has 0 N–H and O–H groups in total. The number of ether oxygens (including phenoxy) is 1. The zero-order chi connectivity index (χ0) is 17.8. The maximum atomic E-state index is 12.4. The number of nitrogens with zero attached hydrogens (tertiary/aromatic N) is 7. The number of rotatable bonds is 7. The minimum absolute atomic E-state index is 0.0750. The summed E-state index contributed by atoms with van der Waals surface area (Å²) in [6.45, 7) is 1.39. The molecular weight excluding hydrogens is 337 g/mol. The Morgan fingerprint density at radius 2 is 2.15 bits per heavy atom. The average Bonchev–Trinajstić information content (AvgIpc) is 3.41. The second-order valence-corrected chi connectivity index (χ2v) is 6.22. The molecule has 3 aromatic heterocycles. The number of halogens is 1. The van der Waals surface area contributed by atoms with Crippen LogP contribution in [0, 0.1) is 0 Å². The molecule has 0 radical (unpaired) electrons. The lowest BCUT2D eigenvalue weighted by Crippen LogP contribution is -2.05. The molecule has 4 rings (SSSR count). The molecule has 3 aromatic rings. The zero-order valence-corrected chi connectivity index (χ0v) is 14.3. The van der Waals surface area contributed by atoms with E-state index in [0.29, 0.717) is 36.9 Å². The molecule has 1 unspecified atom stereocenters. The van der Waals surface area contributed by atoms with Crippen molar-refractivity contribution in [2.75, 3.05) is 13.3 Å². The highest BCUT2D eigenvalue weighted by Crippen LogP contribution is 2.28. The van der Waals surface area contributed by atoms with Gasteiger partial charge in [-0.3, -0.25) is 14.1 Å². The molecule has 1 saturated heterocycles. The van der Waals surface area contributed by atoms with Crippen molar-refractivity contribution >= 4 is 0 Å². The van der Waals surface area contributed by atoms with Gasteiger partial charge >= 0.3 is 0 Å². The maximum Gasteiger partial charge on any atom is 0.181 e. The van der Waals surface area contributed by atoms with Gasteiger partial charge in [0.1, 0.15) is 11.8 Å². The second kappa shape index (κ2) is 7.69. The van der Waals surface area contributed by atoms with Crippen molar-refractivity contribution in [3.63, 3.8) is 0 Å². The lowest BCUT2D eigenvalue weighted by molar-refractivity contribution is 0.105. The number of aryl methyl sites for hydroxylation is 1. The summed E-state index contributed by atoms with van der Waals surface area (Å²) in [5.41, 5.74) is 1.68. The Hall–Kier alpha value is -2.68. The molecule has 0 spiro atoms. The summed E-state index contributed by atoms with van der Waals surface area (Å²) in [5, 5.41) is 12.9. The van der Waals surface area contributed by atoms with Crippen LogP contribution >= 0.6 is 0 Å². The van der Waals surface area contributed by atoms with E-state index in [4.69, 9.17) is 4.74 Å². The quantitative estimate of drug-likeness (QED) is 0.644. The Morgan fingerprint density at radius 3 is 2.92 bits per heavy atom. The monoisotopic (exact) mass is 357 g/mol. The molecule has 1 atom stereocenters. The number of alkyl halides is 1. The van der Waals surface area contributed by atoms with Gasteiger partial charge in [-0.25, -0.2) is 9.67 Å². The van der Waals surface area contributed by atoms with Crippen LogP contribution in [0.5, 0.6) is 0 Å². The summed E-state index contributed by atoms with van der Waals surface area (Å²) in [4.78, 5) is 8.72. The largest absolute Gasteiger partial charge is 0.370 e. The topological polar surface area (TPSA) is 83.5 Å². The van der Waals surface area contributed by atoms with E-state index in [0.717, 1.165) is 25.0 Å². The van der Waals surface area contributed by atoms with E-state index in [1.807, 2.05) is 16.8 Å². The standard InChI is InChI=1S/C17H20FN7O/c18-6-2-9-24-12-14(21-23-24)17-20-16(15-3-1-10-26-15)22-25(17)11-13-4-7-19-8-5-13/h4-5,7-8,12,15H,1-3,6,9-11H2. The fourth-order valence-electron chi connectivity index (χ4n) is 2.97. The second-order valence-electron chi connectivity index (χ2n) is 6.22. The lowest BCUT2D eigenvalue weighted by atomic mass is 10.2. The van der Waals surface area contributed by atoms with Gasteiger partial charge in [-0.05, 0) is 37.0 Å². The highest BCUT2D eigenvalue weighted by molar-refractivity contribution is 5.47. The summed E-state index contributed by atoms with van der Waals surface area (Å²) in [5.74, 6) is 1.31. The highest BCUT2D eigenvalue weighted by atomic mass is 19.1. The summed E-state index contributed by atoms with van der Waals surface area (Å²) in [7, 11) is 0. The van der Waals surface area contributed by atoms with Gasteiger partial charge in [0, 0.05) is 25.5 Å². The van der Waals surface area contributed by atoms with Gasteiger partial charge in [0.15, 0.2) is 11.6 Å². The van der Waals surface area contributed by atoms with Gasteiger partial charge in [-0.15, -0.1) is 5.10 Å². The van der Waals surface area contributed by atoms with E-state index in [1.54, 1.807) is 23.3 Å². The van der Waals surface area contributed by atoms with Gasteiger partial charge in [0.05, 0.1) is 19.4 Å².